The van der Waals surface area contributed by atoms with E-state index in [4.69, 9.17) is 9.97 Å². The van der Waals surface area contributed by atoms with Gasteiger partial charge in [-0.15, -0.1) is 0 Å². The van der Waals surface area contributed by atoms with E-state index in [1.54, 1.807) is 37.2 Å². The second-order valence-electron chi connectivity index (χ2n) is 11.7. The Bertz CT molecular complexity index is 2490. The Hall–Kier alpha value is -5.84. The second-order valence-corrected chi connectivity index (χ2v) is 13.5. The quantitative estimate of drug-likeness (QED) is 0.172. The van der Waals surface area contributed by atoms with Crippen LogP contribution in [0.4, 0.5) is 0 Å². The molecule has 8 bridgehead atoms. The highest BCUT2D eigenvalue weighted by Gasteiger charge is 2.19. The van der Waals surface area contributed by atoms with E-state index in [1.807, 2.05) is 42.6 Å². The zero-order valence-electron chi connectivity index (χ0n) is 26.1. The largest absolute Gasteiger partial charge is 0.354 e. The predicted octanol–water partition coefficient (Wildman–Crippen LogP) is 10.4. The summed E-state index contributed by atoms with van der Waals surface area (Å²) in [6.07, 6.45) is 21.0. The average molecular weight is 776 g/mol. The summed E-state index contributed by atoms with van der Waals surface area (Å²) in [7, 11) is 0. The normalized spacial score (nSPS) is 12.0. The molecule has 8 nitrogen and oxygen atoms in total. The first-order chi connectivity index (χ1) is 24.6. The lowest BCUT2D eigenvalue weighted by Crippen LogP contribution is -1.90. The molecule has 0 fully saturated rings. The molecule has 9 rings (SSSR count). The van der Waals surface area contributed by atoms with Crippen molar-refractivity contribution >= 4 is 78.2 Å². The van der Waals surface area contributed by atoms with Crippen LogP contribution in [0, 0.1) is 0 Å². The number of H-pyrrole nitrogens is 2. The van der Waals surface area contributed by atoms with Gasteiger partial charge < -0.3 is 9.97 Å². The minimum absolute atomic E-state index is 0.737. The van der Waals surface area contributed by atoms with Crippen LogP contribution in [-0.2, 0) is 0 Å². The highest BCUT2D eigenvalue weighted by molar-refractivity contribution is 9.10. The molecule has 10 heteroatoms. The number of halogens is 2. The average Bonchev–Trinajstić information content (AvgIpc) is 3.97. The molecule has 0 aromatic carbocycles. The van der Waals surface area contributed by atoms with E-state index in [1.165, 1.54) is 0 Å². The van der Waals surface area contributed by atoms with Gasteiger partial charge in [0.25, 0.3) is 0 Å². The third kappa shape index (κ3) is 5.48. The molecule has 2 N–H and O–H groups in total. The third-order valence-electron chi connectivity index (χ3n) is 8.70. The van der Waals surface area contributed by atoms with Gasteiger partial charge in [-0.3, -0.25) is 15.0 Å². The van der Waals surface area contributed by atoms with Crippen LogP contribution in [0.25, 0.3) is 90.9 Å². The Labute approximate surface area is 303 Å². The predicted molar refractivity (Wildman–Crippen MR) is 207 cm³/mol. The molecule has 2 aliphatic heterocycles. The fourth-order valence-electron chi connectivity index (χ4n) is 6.56. The molecule has 9 heterocycles. The molecule has 0 atom stereocenters. The molecular weight excluding hydrogens is 752 g/mol. The van der Waals surface area contributed by atoms with Crippen LogP contribution in [0.1, 0.15) is 22.8 Å². The number of nitrogens with zero attached hydrogens (tertiary/aromatic N) is 6. The number of fused-ring (bicyclic) bond motifs is 8. The van der Waals surface area contributed by atoms with Crippen LogP contribution in [0.2, 0.25) is 0 Å². The second kappa shape index (κ2) is 12.6. The summed E-state index contributed by atoms with van der Waals surface area (Å²) in [4.78, 5) is 35.6. The lowest BCUT2D eigenvalue weighted by atomic mass is 10.1. The highest BCUT2D eigenvalue weighted by Crippen LogP contribution is 2.38. The number of nitrogens with one attached hydrogen (secondary N) is 2. The van der Waals surface area contributed by atoms with Crippen LogP contribution in [0.3, 0.4) is 0 Å². The van der Waals surface area contributed by atoms with Gasteiger partial charge in [0.15, 0.2) is 0 Å². The fraction of sp³-hybridized carbons (Fsp3) is 0. The third-order valence-corrected chi connectivity index (χ3v) is 9.57. The first kappa shape index (κ1) is 30.2. The van der Waals surface area contributed by atoms with Crippen molar-refractivity contribution < 1.29 is 0 Å². The number of hydrogen-bond donors (Lipinski definition) is 2. The number of rotatable bonds is 4. The molecule has 7 aromatic heterocycles. The molecule has 0 radical (unpaired) electrons. The molecule has 7 aromatic rings. The summed E-state index contributed by atoms with van der Waals surface area (Å²) in [5.74, 6) is 0. The number of hydrogen-bond acceptors (Lipinski definition) is 6. The van der Waals surface area contributed by atoms with Gasteiger partial charge in [-0.1, -0.05) is 0 Å². The first-order valence-corrected chi connectivity index (χ1v) is 17.4. The molecule has 0 saturated heterocycles. The SMILES string of the molecule is Brc1cncc(-c2c3nc(c(-c4ccncc4)c4ccc([nH]4)c(-c4ccnc(Br)c4)c4nc(c(-c5ccncc5)c5ccc2[nH]5)C=C4)C=C3)c1. The molecule has 0 saturated carbocycles. The van der Waals surface area contributed by atoms with Crippen LogP contribution in [0.5, 0.6) is 0 Å². The zero-order valence-corrected chi connectivity index (χ0v) is 29.3. The van der Waals surface area contributed by atoms with Gasteiger partial charge in [-0.25, -0.2) is 15.0 Å². The minimum atomic E-state index is 0.737. The lowest BCUT2D eigenvalue weighted by molar-refractivity contribution is 1.27. The van der Waals surface area contributed by atoms with Crippen molar-refractivity contribution in [3.8, 4) is 44.5 Å². The fourth-order valence-corrected chi connectivity index (χ4v) is 7.29. The number of pyridine rings is 4. The summed E-state index contributed by atoms with van der Waals surface area (Å²) < 4.78 is 1.61. The molecule has 0 spiro atoms. The highest BCUT2D eigenvalue weighted by atomic mass is 79.9. The van der Waals surface area contributed by atoms with E-state index in [0.29, 0.717) is 0 Å². The molecule has 0 unspecified atom stereocenters. The van der Waals surface area contributed by atoms with E-state index in [2.05, 4.69) is 116 Å². The summed E-state index contributed by atoms with van der Waals surface area (Å²) in [5.41, 5.74) is 14.6. The van der Waals surface area contributed by atoms with Crippen LogP contribution in [0.15, 0.2) is 119 Å². The zero-order chi connectivity index (χ0) is 33.6. The first-order valence-electron chi connectivity index (χ1n) is 15.8. The van der Waals surface area contributed by atoms with Crippen LogP contribution < -0.4 is 0 Å². The van der Waals surface area contributed by atoms with E-state index in [9.17, 15) is 0 Å². The number of aromatic amines is 2. The van der Waals surface area contributed by atoms with E-state index < -0.39 is 0 Å². The van der Waals surface area contributed by atoms with Crippen molar-refractivity contribution in [3.05, 3.63) is 142 Å². The van der Waals surface area contributed by atoms with E-state index >= 15 is 0 Å². The van der Waals surface area contributed by atoms with Crippen molar-refractivity contribution in [1.29, 1.82) is 0 Å². The molecule has 238 valence electrons. The van der Waals surface area contributed by atoms with Crippen molar-refractivity contribution in [2.75, 3.05) is 0 Å². The molecule has 50 heavy (non-hydrogen) atoms. The van der Waals surface area contributed by atoms with Gasteiger partial charge in [0.1, 0.15) is 4.60 Å². The van der Waals surface area contributed by atoms with Gasteiger partial charge in [0, 0.05) is 97.7 Å². The maximum absolute atomic E-state index is 5.31. The minimum Gasteiger partial charge on any atom is -0.354 e. The monoisotopic (exact) mass is 774 g/mol. The maximum atomic E-state index is 5.31. The van der Waals surface area contributed by atoms with Gasteiger partial charge >= 0.3 is 0 Å². The summed E-state index contributed by atoms with van der Waals surface area (Å²) >= 11 is 7.22. The van der Waals surface area contributed by atoms with Crippen molar-refractivity contribution in [2.24, 2.45) is 0 Å². The smallest absolute Gasteiger partial charge is 0.106 e. The standard InChI is InChI=1S/C40H24Br2N8/c41-27-19-26(21-45-22-27)40-34-7-3-30(49-34)37(23-9-14-43-15-10-23)28-1-5-32(47-28)39(25-13-18-46-36(42)20-25)33-6-2-29(48-33)38(24-11-16-44-17-12-24)31-4-8-35(40)50-31/h1-22,47,50H. The molecule has 0 amide bonds. The summed E-state index contributed by atoms with van der Waals surface area (Å²) in [6, 6.07) is 22.5. The Balaban J connectivity index is 1.49. The van der Waals surface area contributed by atoms with Gasteiger partial charge in [-0.05, 0) is 140 Å². The topological polar surface area (TPSA) is 109 Å². The Morgan fingerprint density at radius 2 is 0.860 bits per heavy atom. The Kier molecular flexibility index (Phi) is 7.59. The van der Waals surface area contributed by atoms with E-state index in [0.717, 1.165) is 98.4 Å². The van der Waals surface area contributed by atoms with Crippen LogP contribution in [-0.4, -0.2) is 39.9 Å². The summed E-state index contributed by atoms with van der Waals surface area (Å²) in [6.45, 7) is 0. The van der Waals surface area contributed by atoms with Crippen molar-refractivity contribution in [2.45, 2.75) is 0 Å². The van der Waals surface area contributed by atoms with Crippen molar-refractivity contribution in [3.63, 3.8) is 0 Å². The molecule has 2 aliphatic rings. The summed E-state index contributed by atoms with van der Waals surface area (Å²) in [5, 5.41) is 0. The van der Waals surface area contributed by atoms with Crippen LogP contribution >= 0.6 is 31.9 Å². The molecule has 0 aliphatic carbocycles. The van der Waals surface area contributed by atoms with E-state index in [-0.39, 0.29) is 0 Å². The van der Waals surface area contributed by atoms with Gasteiger partial charge in [0.2, 0.25) is 0 Å². The van der Waals surface area contributed by atoms with Gasteiger partial charge in [-0.2, -0.15) is 0 Å². The van der Waals surface area contributed by atoms with Gasteiger partial charge in [0.05, 0.1) is 22.8 Å². The number of aromatic nitrogens is 8. The Morgan fingerprint density at radius 3 is 1.32 bits per heavy atom. The lowest BCUT2D eigenvalue weighted by Gasteiger charge is -2.07. The molecular formula is C40H24Br2N8. The Morgan fingerprint density at radius 1 is 0.420 bits per heavy atom. The van der Waals surface area contributed by atoms with Crippen molar-refractivity contribution in [1.82, 2.24) is 39.9 Å². The maximum Gasteiger partial charge on any atom is 0.106 e.